The number of halogens is 1. The van der Waals surface area contributed by atoms with Gasteiger partial charge < -0.3 is 14.6 Å². The van der Waals surface area contributed by atoms with Gasteiger partial charge in [0.15, 0.2) is 11.5 Å². The number of carbonyl (C=O) groups is 1. The summed E-state index contributed by atoms with van der Waals surface area (Å²) in [4.78, 5) is 11.4. The van der Waals surface area contributed by atoms with Crippen molar-refractivity contribution in [2.45, 2.75) is 25.2 Å². The van der Waals surface area contributed by atoms with Gasteiger partial charge in [0.25, 0.3) is 0 Å². The van der Waals surface area contributed by atoms with Gasteiger partial charge in [0, 0.05) is 0 Å². The van der Waals surface area contributed by atoms with Crippen molar-refractivity contribution in [3.63, 3.8) is 0 Å². The first-order chi connectivity index (χ1) is 8.47. The van der Waals surface area contributed by atoms with Crippen molar-refractivity contribution < 1.29 is 19.4 Å². The van der Waals surface area contributed by atoms with Gasteiger partial charge in [-0.15, -0.1) is 0 Å². The Balaban J connectivity index is 2.64. The van der Waals surface area contributed by atoms with Crippen LogP contribution in [0.5, 0.6) is 11.5 Å². The minimum Gasteiger partial charge on any atom is -0.493 e. The van der Waals surface area contributed by atoms with Crippen LogP contribution in [-0.4, -0.2) is 25.3 Å². The van der Waals surface area contributed by atoms with Gasteiger partial charge in [0.1, 0.15) is 0 Å². The molecule has 1 aromatic rings. The van der Waals surface area contributed by atoms with Gasteiger partial charge in [-0.2, -0.15) is 0 Å². The van der Waals surface area contributed by atoms with Crippen molar-refractivity contribution in [3.8, 4) is 11.5 Å². The quantitative estimate of drug-likeness (QED) is 0.928. The van der Waals surface area contributed by atoms with Crippen molar-refractivity contribution in [2.75, 3.05) is 14.2 Å². The van der Waals surface area contributed by atoms with Crippen LogP contribution < -0.4 is 9.47 Å². The lowest BCUT2D eigenvalue weighted by atomic mass is 9.91. The Hall–Kier alpha value is -1.23. The Morgan fingerprint density at radius 2 is 1.89 bits per heavy atom. The molecule has 0 unspecified atom stereocenters. The lowest BCUT2D eigenvalue weighted by molar-refractivity contribution is -0.140. The van der Waals surface area contributed by atoms with Crippen molar-refractivity contribution in [1.29, 1.82) is 0 Å². The van der Waals surface area contributed by atoms with Crippen molar-refractivity contribution in [2.24, 2.45) is 0 Å². The number of rotatable bonds is 4. The standard InChI is InChI=1S/C13H15BrO4/c1-7-8(13(4-5-13)12(15)16)6-9(14)11(18-3)10(7)17-2/h6H,4-5H2,1-3H3,(H,15,16). The summed E-state index contributed by atoms with van der Waals surface area (Å²) in [7, 11) is 3.12. The van der Waals surface area contributed by atoms with Gasteiger partial charge in [0.05, 0.1) is 24.1 Å². The summed E-state index contributed by atoms with van der Waals surface area (Å²) >= 11 is 3.40. The first kappa shape index (κ1) is 13.2. The summed E-state index contributed by atoms with van der Waals surface area (Å²) in [6.07, 6.45) is 1.34. The molecule has 5 heteroatoms. The summed E-state index contributed by atoms with van der Waals surface area (Å²) in [5, 5.41) is 9.38. The molecule has 1 saturated carbocycles. The Morgan fingerprint density at radius 3 is 2.28 bits per heavy atom. The molecule has 1 aliphatic rings. The van der Waals surface area contributed by atoms with E-state index in [1.165, 1.54) is 0 Å². The number of hydrogen-bond donors (Lipinski definition) is 1. The van der Waals surface area contributed by atoms with Crippen LogP contribution in [0, 0.1) is 6.92 Å². The van der Waals surface area contributed by atoms with Crippen molar-refractivity contribution in [3.05, 3.63) is 21.7 Å². The summed E-state index contributed by atoms with van der Waals surface area (Å²) in [5.74, 6) is 0.416. The lowest BCUT2D eigenvalue weighted by Gasteiger charge is -2.19. The molecule has 18 heavy (non-hydrogen) atoms. The average molecular weight is 315 g/mol. The average Bonchev–Trinajstić information content (AvgIpc) is 3.12. The highest BCUT2D eigenvalue weighted by Gasteiger charge is 2.53. The van der Waals surface area contributed by atoms with Crippen LogP contribution in [-0.2, 0) is 10.2 Å². The molecule has 0 amide bonds. The molecule has 1 fully saturated rings. The van der Waals surface area contributed by atoms with E-state index in [9.17, 15) is 9.90 Å². The minimum atomic E-state index is -0.773. The monoisotopic (exact) mass is 314 g/mol. The minimum absolute atomic E-state index is 0.592. The summed E-state index contributed by atoms with van der Waals surface area (Å²) in [6.45, 7) is 1.87. The molecule has 0 bridgehead atoms. The van der Waals surface area contributed by atoms with Crippen LogP contribution in [0.4, 0.5) is 0 Å². The van der Waals surface area contributed by atoms with Gasteiger partial charge in [-0.1, -0.05) is 0 Å². The highest BCUT2D eigenvalue weighted by molar-refractivity contribution is 9.10. The number of carboxylic acid groups (broad SMARTS) is 1. The normalized spacial score (nSPS) is 16.2. The molecule has 0 heterocycles. The molecule has 1 N–H and O–H groups in total. The predicted molar refractivity (Wildman–Crippen MR) is 70.5 cm³/mol. The third-order valence-corrected chi connectivity index (χ3v) is 4.11. The van der Waals surface area contributed by atoms with E-state index in [0.717, 1.165) is 15.6 Å². The molecule has 4 nitrogen and oxygen atoms in total. The zero-order valence-electron chi connectivity index (χ0n) is 10.5. The van der Waals surface area contributed by atoms with Crippen molar-refractivity contribution in [1.82, 2.24) is 0 Å². The number of carboxylic acids is 1. The zero-order chi connectivity index (χ0) is 13.5. The first-order valence-electron chi connectivity index (χ1n) is 5.63. The summed E-state index contributed by atoms with van der Waals surface area (Å²) in [5.41, 5.74) is 0.892. The van der Waals surface area contributed by atoms with Crippen molar-refractivity contribution >= 4 is 21.9 Å². The molecule has 1 aliphatic carbocycles. The Bertz CT molecular complexity index is 506. The van der Waals surface area contributed by atoms with E-state index in [-0.39, 0.29) is 0 Å². The lowest BCUT2D eigenvalue weighted by Crippen LogP contribution is -2.21. The zero-order valence-corrected chi connectivity index (χ0v) is 12.1. The molecule has 0 spiro atoms. The number of aliphatic carboxylic acids is 1. The Kier molecular flexibility index (Phi) is 3.27. The molecular formula is C13H15BrO4. The van der Waals surface area contributed by atoms with Crippen LogP contribution >= 0.6 is 15.9 Å². The van der Waals surface area contributed by atoms with Crippen LogP contribution in [0.25, 0.3) is 0 Å². The molecule has 1 aromatic carbocycles. The van der Waals surface area contributed by atoms with E-state index in [0.29, 0.717) is 24.3 Å². The predicted octanol–water partition coefficient (Wildman–Crippen LogP) is 2.89. The Labute approximate surface area is 114 Å². The van der Waals surface area contributed by atoms with Gasteiger partial charge >= 0.3 is 5.97 Å². The SMILES string of the molecule is COc1c(Br)cc(C2(C(=O)O)CC2)c(C)c1OC. The maximum atomic E-state index is 11.4. The highest BCUT2D eigenvalue weighted by Crippen LogP contribution is 2.53. The van der Waals surface area contributed by atoms with Crippen LogP contribution in [0.1, 0.15) is 24.0 Å². The maximum absolute atomic E-state index is 11.4. The number of hydrogen-bond acceptors (Lipinski definition) is 3. The van der Waals surface area contributed by atoms with Gasteiger partial charge in [-0.3, -0.25) is 4.79 Å². The summed E-state index contributed by atoms with van der Waals surface area (Å²) in [6, 6.07) is 1.83. The van der Waals surface area contributed by atoms with Gasteiger partial charge in [0.2, 0.25) is 0 Å². The van der Waals surface area contributed by atoms with Crippen LogP contribution in [0.2, 0.25) is 0 Å². The molecular weight excluding hydrogens is 300 g/mol. The second-order valence-electron chi connectivity index (χ2n) is 4.48. The highest BCUT2D eigenvalue weighted by atomic mass is 79.9. The molecule has 0 aromatic heterocycles. The maximum Gasteiger partial charge on any atom is 0.314 e. The van der Waals surface area contributed by atoms with Gasteiger partial charge in [-0.25, -0.2) is 0 Å². The van der Waals surface area contributed by atoms with E-state index in [2.05, 4.69) is 15.9 Å². The van der Waals surface area contributed by atoms with E-state index >= 15 is 0 Å². The summed E-state index contributed by atoms with van der Waals surface area (Å²) < 4.78 is 11.3. The third kappa shape index (κ3) is 1.77. The van der Waals surface area contributed by atoms with Gasteiger partial charge in [-0.05, 0) is 52.9 Å². The number of methoxy groups -OCH3 is 2. The molecule has 0 radical (unpaired) electrons. The fraction of sp³-hybridized carbons (Fsp3) is 0.462. The van der Waals surface area contributed by atoms with E-state index < -0.39 is 11.4 Å². The van der Waals surface area contributed by atoms with E-state index in [4.69, 9.17) is 9.47 Å². The molecule has 0 saturated heterocycles. The fourth-order valence-corrected chi connectivity index (χ4v) is 2.93. The number of ether oxygens (including phenoxy) is 2. The largest absolute Gasteiger partial charge is 0.493 e. The number of benzene rings is 1. The Morgan fingerprint density at radius 1 is 1.33 bits per heavy atom. The van der Waals surface area contributed by atoms with Crippen LogP contribution in [0.15, 0.2) is 10.5 Å². The van der Waals surface area contributed by atoms with E-state index in [1.807, 2.05) is 13.0 Å². The first-order valence-corrected chi connectivity index (χ1v) is 6.42. The third-order valence-electron chi connectivity index (χ3n) is 3.52. The fourth-order valence-electron chi connectivity index (χ4n) is 2.36. The molecule has 0 atom stereocenters. The molecule has 2 rings (SSSR count). The molecule has 0 aliphatic heterocycles. The smallest absolute Gasteiger partial charge is 0.314 e. The second kappa shape index (κ2) is 4.46. The topological polar surface area (TPSA) is 55.8 Å². The van der Waals surface area contributed by atoms with Crippen LogP contribution in [0.3, 0.4) is 0 Å². The second-order valence-corrected chi connectivity index (χ2v) is 5.34. The molecule has 98 valence electrons. The van der Waals surface area contributed by atoms with E-state index in [1.54, 1.807) is 14.2 Å².